The lowest BCUT2D eigenvalue weighted by atomic mass is 10.1. The molecule has 0 aliphatic heterocycles. The Labute approximate surface area is 119 Å². The number of carbonyl (C=O) groups is 1. The summed E-state index contributed by atoms with van der Waals surface area (Å²) in [6.45, 7) is 3.27. The third-order valence-corrected chi connectivity index (χ3v) is 3.21. The van der Waals surface area contributed by atoms with Gasteiger partial charge in [0.2, 0.25) is 0 Å². The molecule has 20 heavy (non-hydrogen) atoms. The molecule has 104 valence electrons. The zero-order valence-corrected chi connectivity index (χ0v) is 11.8. The highest BCUT2D eigenvalue weighted by Gasteiger charge is 2.17. The zero-order valence-electron chi connectivity index (χ0n) is 11.8. The van der Waals surface area contributed by atoms with Crippen LogP contribution in [0.25, 0.3) is 0 Å². The van der Waals surface area contributed by atoms with Gasteiger partial charge in [0.15, 0.2) is 0 Å². The monoisotopic (exact) mass is 269 g/mol. The molecular formula is C16H19N3O. The third-order valence-electron chi connectivity index (χ3n) is 3.21. The lowest BCUT2D eigenvalue weighted by molar-refractivity contribution is 0.0753. The summed E-state index contributed by atoms with van der Waals surface area (Å²) < 4.78 is 0. The Morgan fingerprint density at radius 2 is 2.00 bits per heavy atom. The summed E-state index contributed by atoms with van der Waals surface area (Å²) in [4.78, 5) is 18.5. The van der Waals surface area contributed by atoms with Crippen LogP contribution in [0.1, 0.15) is 22.8 Å². The van der Waals surface area contributed by atoms with E-state index in [2.05, 4.69) is 10.3 Å². The van der Waals surface area contributed by atoms with Crippen LogP contribution in [0.4, 0.5) is 5.69 Å². The molecule has 0 atom stereocenters. The molecule has 4 nitrogen and oxygen atoms in total. The lowest BCUT2D eigenvalue weighted by Crippen LogP contribution is -2.30. The maximum absolute atomic E-state index is 12.6. The van der Waals surface area contributed by atoms with E-state index in [4.69, 9.17) is 0 Å². The Kier molecular flexibility index (Phi) is 4.71. The van der Waals surface area contributed by atoms with Crippen molar-refractivity contribution in [1.29, 1.82) is 0 Å². The molecule has 0 aliphatic rings. The highest BCUT2D eigenvalue weighted by atomic mass is 16.2. The van der Waals surface area contributed by atoms with E-state index in [1.807, 2.05) is 42.2 Å². The van der Waals surface area contributed by atoms with Gasteiger partial charge in [0.25, 0.3) is 5.91 Å². The van der Waals surface area contributed by atoms with E-state index in [1.165, 1.54) is 0 Å². The smallest absolute Gasteiger partial charge is 0.256 e. The van der Waals surface area contributed by atoms with Crippen LogP contribution >= 0.6 is 0 Å². The average Bonchev–Trinajstić information content (AvgIpc) is 2.53. The number of pyridine rings is 1. The Morgan fingerprint density at radius 1 is 1.25 bits per heavy atom. The largest absolute Gasteiger partial charge is 0.386 e. The molecule has 1 heterocycles. The molecule has 0 bridgehead atoms. The first-order chi connectivity index (χ1) is 9.76. The summed E-state index contributed by atoms with van der Waals surface area (Å²) in [7, 11) is 1.79. The van der Waals surface area contributed by atoms with Crippen molar-refractivity contribution in [2.75, 3.05) is 18.9 Å². The predicted octanol–water partition coefficient (Wildman–Crippen LogP) is 2.79. The minimum atomic E-state index is 0.0168. The van der Waals surface area contributed by atoms with Gasteiger partial charge in [-0.2, -0.15) is 0 Å². The molecule has 1 amide bonds. The van der Waals surface area contributed by atoms with Crippen molar-refractivity contribution in [3.05, 3.63) is 59.9 Å². The number of nitrogens with zero attached hydrogens (tertiary/aromatic N) is 2. The number of aromatic nitrogens is 1. The SMILES string of the molecule is CCN(Cc1ccccc1)C(=O)c1ccncc1NC. The van der Waals surface area contributed by atoms with E-state index in [0.717, 1.165) is 11.3 Å². The topological polar surface area (TPSA) is 45.2 Å². The number of anilines is 1. The molecular weight excluding hydrogens is 250 g/mol. The van der Waals surface area contributed by atoms with Gasteiger partial charge in [-0.3, -0.25) is 9.78 Å². The maximum Gasteiger partial charge on any atom is 0.256 e. The van der Waals surface area contributed by atoms with Gasteiger partial charge >= 0.3 is 0 Å². The molecule has 2 rings (SSSR count). The highest BCUT2D eigenvalue weighted by Crippen LogP contribution is 2.16. The highest BCUT2D eigenvalue weighted by molar-refractivity contribution is 5.99. The summed E-state index contributed by atoms with van der Waals surface area (Å²) >= 11 is 0. The van der Waals surface area contributed by atoms with Crippen LogP contribution in [0.3, 0.4) is 0 Å². The maximum atomic E-state index is 12.6. The summed E-state index contributed by atoms with van der Waals surface area (Å²) in [5.74, 6) is 0.0168. The lowest BCUT2D eigenvalue weighted by Gasteiger charge is -2.22. The van der Waals surface area contributed by atoms with Gasteiger partial charge in [-0.25, -0.2) is 0 Å². The van der Waals surface area contributed by atoms with E-state index in [9.17, 15) is 4.79 Å². The Morgan fingerprint density at radius 3 is 2.65 bits per heavy atom. The van der Waals surface area contributed by atoms with Crippen molar-refractivity contribution >= 4 is 11.6 Å². The van der Waals surface area contributed by atoms with Crippen LogP contribution in [-0.4, -0.2) is 29.4 Å². The quantitative estimate of drug-likeness (QED) is 0.907. The first-order valence-electron chi connectivity index (χ1n) is 6.71. The molecule has 0 spiro atoms. The van der Waals surface area contributed by atoms with Gasteiger partial charge < -0.3 is 10.2 Å². The first kappa shape index (κ1) is 14.1. The summed E-state index contributed by atoms with van der Waals surface area (Å²) in [5, 5.41) is 3.01. The summed E-state index contributed by atoms with van der Waals surface area (Å²) in [5.41, 5.74) is 2.53. The van der Waals surface area contributed by atoms with Crippen LogP contribution in [0.15, 0.2) is 48.8 Å². The molecule has 1 aromatic heterocycles. The number of nitrogens with one attached hydrogen (secondary N) is 1. The van der Waals surface area contributed by atoms with Crippen LogP contribution in [0.5, 0.6) is 0 Å². The first-order valence-corrected chi connectivity index (χ1v) is 6.71. The van der Waals surface area contributed by atoms with Crippen LogP contribution in [-0.2, 0) is 6.54 Å². The van der Waals surface area contributed by atoms with E-state index in [0.29, 0.717) is 18.7 Å². The third kappa shape index (κ3) is 3.15. The predicted molar refractivity (Wildman–Crippen MR) is 80.6 cm³/mol. The molecule has 2 aromatic rings. The fraction of sp³-hybridized carbons (Fsp3) is 0.250. The van der Waals surface area contributed by atoms with Crippen molar-refractivity contribution in [2.24, 2.45) is 0 Å². The fourth-order valence-corrected chi connectivity index (χ4v) is 2.08. The van der Waals surface area contributed by atoms with Gasteiger partial charge in [-0.15, -0.1) is 0 Å². The number of hydrogen-bond donors (Lipinski definition) is 1. The molecule has 0 saturated heterocycles. The van der Waals surface area contributed by atoms with Gasteiger partial charge in [0.05, 0.1) is 17.4 Å². The standard InChI is InChI=1S/C16H19N3O/c1-3-19(12-13-7-5-4-6-8-13)16(20)14-9-10-18-11-15(14)17-2/h4-11,17H,3,12H2,1-2H3. The van der Waals surface area contributed by atoms with E-state index in [1.54, 1.807) is 25.5 Å². The molecule has 0 saturated carbocycles. The Balaban J connectivity index is 2.21. The fourth-order valence-electron chi connectivity index (χ4n) is 2.08. The minimum absolute atomic E-state index is 0.0168. The molecule has 1 aromatic carbocycles. The van der Waals surface area contributed by atoms with Gasteiger partial charge in [0.1, 0.15) is 0 Å². The van der Waals surface area contributed by atoms with Gasteiger partial charge in [-0.1, -0.05) is 30.3 Å². The normalized spacial score (nSPS) is 10.1. The second-order valence-corrected chi connectivity index (χ2v) is 4.48. The number of rotatable bonds is 5. The summed E-state index contributed by atoms with van der Waals surface area (Å²) in [6.07, 6.45) is 3.31. The summed E-state index contributed by atoms with van der Waals surface area (Å²) in [6, 6.07) is 11.8. The van der Waals surface area contributed by atoms with Gasteiger partial charge in [0, 0.05) is 26.3 Å². The van der Waals surface area contributed by atoms with Crippen molar-refractivity contribution in [3.63, 3.8) is 0 Å². The van der Waals surface area contributed by atoms with E-state index in [-0.39, 0.29) is 5.91 Å². The van der Waals surface area contributed by atoms with Crippen LogP contribution in [0, 0.1) is 0 Å². The Bertz CT molecular complexity index is 569. The van der Waals surface area contributed by atoms with Crippen molar-refractivity contribution < 1.29 is 4.79 Å². The molecule has 0 aliphatic carbocycles. The molecule has 0 fully saturated rings. The second-order valence-electron chi connectivity index (χ2n) is 4.48. The van der Waals surface area contributed by atoms with Gasteiger partial charge in [-0.05, 0) is 18.6 Å². The average molecular weight is 269 g/mol. The van der Waals surface area contributed by atoms with E-state index < -0.39 is 0 Å². The number of amides is 1. The van der Waals surface area contributed by atoms with Crippen molar-refractivity contribution in [3.8, 4) is 0 Å². The molecule has 1 N–H and O–H groups in total. The number of benzene rings is 1. The van der Waals surface area contributed by atoms with E-state index >= 15 is 0 Å². The zero-order chi connectivity index (χ0) is 14.4. The molecule has 0 unspecified atom stereocenters. The Hall–Kier alpha value is -2.36. The molecule has 0 radical (unpaired) electrons. The van der Waals surface area contributed by atoms with Crippen molar-refractivity contribution in [1.82, 2.24) is 9.88 Å². The number of carbonyl (C=O) groups excluding carboxylic acids is 1. The second kappa shape index (κ2) is 6.70. The van der Waals surface area contributed by atoms with Crippen LogP contribution in [0.2, 0.25) is 0 Å². The number of hydrogen-bond acceptors (Lipinski definition) is 3. The van der Waals surface area contributed by atoms with Crippen molar-refractivity contribution in [2.45, 2.75) is 13.5 Å². The minimum Gasteiger partial charge on any atom is -0.386 e. The van der Waals surface area contributed by atoms with Crippen LogP contribution < -0.4 is 5.32 Å². The molecule has 4 heteroatoms.